The second-order valence-electron chi connectivity index (χ2n) is 9.68. The number of aliphatic hydroxyl groups excluding tert-OH is 1. The van der Waals surface area contributed by atoms with Crippen LogP contribution >= 0.6 is 11.6 Å². The standard InChI is InChI=1S/C30H29ClFNO6/c1-37-26-16-18(5-9-25(26)38-14-12-34)24(35)10-11-30(36,21-6-7-21)27-17-20-3-2-13-39-29(20)28(33-27)19-4-8-23(32)22(31)15-19/h2-5,8-9,15-17,21,34,36H,6-7,10-14H2,1H3. The zero-order valence-corrected chi connectivity index (χ0v) is 22.2. The van der Waals surface area contributed by atoms with Gasteiger partial charge in [0.2, 0.25) is 0 Å². The Morgan fingerprint density at radius 1 is 1.21 bits per heavy atom. The molecule has 0 bridgehead atoms. The Morgan fingerprint density at radius 2 is 2.03 bits per heavy atom. The lowest BCUT2D eigenvalue weighted by Crippen LogP contribution is -2.31. The van der Waals surface area contributed by atoms with E-state index in [1.165, 1.54) is 19.2 Å². The van der Waals surface area contributed by atoms with E-state index >= 15 is 0 Å². The molecule has 1 atom stereocenters. The van der Waals surface area contributed by atoms with Crippen molar-refractivity contribution in [2.75, 3.05) is 26.9 Å². The molecule has 204 valence electrons. The molecule has 5 rings (SSSR count). The fourth-order valence-corrected chi connectivity index (χ4v) is 5.04. The van der Waals surface area contributed by atoms with Crippen molar-refractivity contribution in [3.63, 3.8) is 0 Å². The Bertz CT molecular complexity index is 1420. The fourth-order valence-electron chi connectivity index (χ4n) is 4.86. The summed E-state index contributed by atoms with van der Waals surface area (Å²) in [5, 5.41) is 21.0. The van der Waals surface area contributed by atoms with Gasteiger partial charge in [0.25, 0.3) is 0 Å². The zero-order chi connectivity index (χ0) is 27.6. The Hall–Kier alpha value is -3.46. The number of benzene rings is 2. The number of ether oxygens (including phenoxy) is 3. The van der Waals surface area contributed by atoms with E-state index in [4.69, 9.17) is 35.9 Å². The van der Waals surface area contributed by atoms with Crippen molar-refractivity contribution in [3.05, 3.63) is 76.2 Å². The van der Waals surface area contributed by atoms with Gasteiger partial charge < -0.3 is 24.4 Å². The third-order valence-corrected chi connectivity index (χ3v) is 7.37. The normalized spacial score (nSPS) is 15.7. The van der Waals surface area contributed by atoms with Gasteiger partial charge in [-0.3, -0.25) is 4.79 Å². The highest BCUT2D eigenvalue weighted by atomic mass is 35.5. The smallest absolute Gasteiger partial charge is 0.163 e. The van der Waals surface area contributed by atoms with Crippen LogP contribution in [0.2, 0.25) is 5.02 Å². The van der Waals surface area contributed by atoms with Crippen LogP contribution in [0.5, 0.6) is 17.2 Å². The number of hydrogen-bond acceptors (Lipinski definition) is 7. The first-order valence-corrected chi connectivity index (χ1v) is 13.2. The molecule has 2 heterocycles. The molecule has 1 saturated carbocycles. The van der Waals surface area contributed by atoms with E-state index in [1.807, 2.05) is 12.2 Å². The SMILES string of the molecule is COc1cc(C(=O)CCC(O)(c2cc3c(c(-c4ccc(F)c(Cl)c4)n2)OCC=C3)C2CC2)ccc1OCCO. The Labute approximate surface area is 230 Å². The number of Topliss-reactive ketones (excluding diaryl/α,β-unsaturated/α-hetero) is 1. The molecule has 9 heteroatoms. The summed E-state index contributed by atoms with van der Waals surface area (Å²) >= 11 is 6.06. The third-order valence-electron chi connectivity index (χ3n) is 7.08. The van der Waals surface area contributed by atoms with E-state index in [2.05, 4.69) is 0 Å². The number of fused-ring (bicyclic) bond motifs is 1. The van der Waals surface area contributed by atoms with Crippen molar-refractivity contribution in [2.24, 2.45) is 5.92 Å². The lowest BCUT2D eigenvalue weighted by molar-refractivity contribution is -0.00113. The fraction of sp³-hybridized carbons (Fsp3) is 0.333. The van der Waals surface area contributed by atoms with Crippen LogP contribution in [0.15, 0.2) is 48.5 Å². The van der Waals surface area contributed by atoms with E-state index in [9.17, 15) is 14.3 Å². The summed E-state index contributed by atoms with van der Waals surface area (Å²) in [4.78, 5) is 18.0. The van der Waals surface area contributed by atoms with Crippen LogP contribution in [-0.2, 0) is 5.60 Å². The third kappa shape index (κ3) is 5.64. The van der Waals surface area contributed by atoms with Gasteiger partial charge in [-0.05, 0) is 73.7 Å². The minimum absolute atomic E-state index is 0.0361. The molecular weight excluding hydrogens is 525 g/mol. The molecule has 2 N–H and O–H groups in total. The van der Waals surface area contributed by atoms with Gasteiger partial charge >= 0.3 is 0 Å². The van der Waals surface area contributed by atoms with Crippen LogP contribution < -0.4 is 14.2 Å². The quantitative estimate of drug-likeness (QED) is 0.299. The van der Waals surface area contributed by atoms with Crippen LogP contribution in [-0.4, -0.2) is 47.9 Å². The molecule has 1 aromatic heterocycles. The number of nitrogens with zero attached hydrogens (tertiary/aromatic N) is 1. The van der Waals surface area contributed by atoms with Gasteiger partial charge in [0.05, 0.1) is 24.4 Å². The molecule has 3 aromatic rings. The number of carbonyl (C=O) groups excluding carboxylic acids is 1. The van der Waals surface area contributed by atoms with E-state index in [0.717, 1.165) is 18.4 Å². The van der Waals surface area contributed by atoms with E-state index < -0.39 is 11.4 Å². The first kappa shape index (κ1) is 27.1. The summed E-state index contributed by atoms with van der Waals surface area (Å²) in [6, 6.07) is 11.0. The molecule has 39 heavy (non-hydrogen) atoms. The number of pyridine rings is 1. The van der Waals surface area contributed by atoms with Crippen LogP contribution in [0.1, 0.15) is 47.3 Å². The topological polar surface area (TPSA) is 98.1 Å². The van der Waals surface area contributed by atoms with Crippen molar-refractivity contribution in [2.45, 2.75) is 31.3 Å². The molecule has 0 amide bonds. The van der Waals surface area contributed by atoms with Gasteiger partial charge in [-0.25, -0.2) is 9.37 Å². The number of methoxy groups -OCH3 is 1. The number of hydrogen-bond donors (Lipinski definition) is 2. The first-order valence-electron chi connectivity index (χ1n) is 12.8. The van der Waals surface area contributed by atoms with Crippen molar-refractivity contribution >= 4 is 23.5 Å². The molecule has 1 aliphatic carbocycles. The summed E-state index contributed by atoms with van der Waals surface area (Å²) < 4.78 is 30.6. The van der Waals surface area contributed by atoms with Crippen LogP contribution in [0.25, 0.3) is 17.3 Å². The summed E-state index contributed by atoms with van der Waals surface area (Å²) in [5.74, 6) is 0.611. The predicted octanol–water partition coefficient (Wildman–Crippen LogP) is 5.59. The van der Waals surface area contributed by atoms with Gasteiger partial charge in [-0.1, -0.05) is 17.7 Å². The van der Waals surface area contributed by atoms with Crippen LogP contribution in [0.4, 0.5) is 4.39 Å². The van der Waals surface area contributed by atoms with Gasteiger partial charge in [0.1, 0.15) is 30.3 Å². The molecular formula is C30H29ClFNO6. The molecule has 1 fully saturated rings. The van der Waals surface area contributed by atoms with Gasteiger partial charge in [0.15, 0.2) is 23.0 Å². The van der Waals surface area contributed by atoms with Gasteiger partial charge in [0, 0.05) is 23.1 Å². The molecule has 7 nitrogen and oxygen atoms in total. The molecule has 2 aromatic carbocycles. The number of carbonyl (C=O) groups is 1. The maximum atomic E-state index is 13.9. The second kappa shape index (κ2) is 11.3. The number of ketones is 1. The molecule has 1 unspecified atom stereocenters. The Balaban J connectivity index is 1.45. The van der Waals surface area contributed by atoms with Crippen molar-refractivity contribution in [1.82, 2.24) is 4.98 Å². The maximum absolute atomic E-state index is 13.9. The predicted molar refractivity (Wildman–Crippen MR) is 145 cm³/mol. The molecule has 1 aliphatic heterocycles. The van der Waals surface area contributed by atoms with Gasteiger partial charge in [-0.2, -0.15) is 0 Å². The average Bonchev–Trinajstić information content (AvgIpc) is 3.82. The minimum Gasteiger partial charge on any atom is -0.493 e. The maximum Gasteiger partial charge on any atom is 0.163 e. The minimum atomic E-state index is -1.34. The second-order valence-corrected chi connectivity index (χ2v) is 10.1. The highest BCUT2D eigenvalue weighted by Crippen LogP contribution is 2.50. The van der Waals surface area contributed by atoms with Gasteiger partial charge in [-0.15, -0.1) is 0 Å². The lowest BCUT2D eigenvalue weighted by atomic mass is 9.85. The molecule has 2 aliphatic rings. The van der Waals surface area contributed by atoms with Crippen molar-refractivity contribution in [1.29, 1.82) is 0 Å². The molecule has 0 saturated heterocycles. The highest BCUT2D eigenvalue weighted by Gasteiger charge is 2.46. The number of rotatable bonds is 11. The summed E-state index contributed by atoms with van der Waals surface area (Å²) in [6.45, 7) is 0.334. The van der Waals surface area contributed by atoms with E-state index in [0.29, 0.717) is 46.4 Å². The highest BCUT2D eigenvalue weighted by molar-refractivity contribution is 6.31. The Morgan fingerprint density at radius 3 is 2.74 bits per heavy atom. The molecule has 0 radical (unpaired) electrons. The van der Waals surface area contributed by atoms with Crippen LogP contribution in [0, 0.1) is 11.7 Å². The van der Waals surface area contributed by atoms with Crippen molar-refractivity contribution < 1.29 is 33.6 Å². The van der Waals surface area contributed by atoms with E-state index in [-0.39, 0.29) is 42.8 Å². The van der Waals surface area contributed by atoms with E-state index in [1.54, 1.807) is 30.3 Å². The molecule has 0 spiro atoms. The lowest BCUT2D eigenvalue weighted by Gasteiger charge is -2.30. The average molecular weight is 554 g/mol. The number of halogens is 2. The Kier molecular flexibility index (Phi) is 7.88. The first-order chi connectivity index (χ1) is 18.8. The number of aliphatic hydroxyl groups is 2. The largest absolute Gasteiger partial charge is 0.493 e. The van der Waals surface area contributed by atoms with Crippen LogP contribution in [0.3, 0.4) is 0 Å². The summed E-state index contributed by atoms with van der Waals surface area (Å²) in [5.41, 5.74) is 1.30. The summed E-state index contributed by atoms with van der Waals surface area (Å²) in [7, 11) is 1.48. The number of aromatic nitrogens is 1. The summed E-state index contributed by atoms with van der Waals surface area (Å²) in [6.07, 6.45) is 5.66. The van der Waals surface area contributed by atoms with Crippen molar-refractivity contribution in [3.8, 4) is 28.5 Å². The monoisotopic (exact) mass is 553 g/mol. The zero-order valence-electron chi connectivity index (χ0n) is 21.5.